The predicted molar refractivity (Wildman–Crippen MR) is 53.4 cm³/mol. The van der Waals surface area contributed by atoms with Gasteiger partial charge in [0.05, 0.1) is 5.69 Å². The first-order chi connectivity index (χ1) is 5.65. The Morgan fingerprint density at radius 2 is 2.25 bits per heavy atom. The highest BCUT2D eigenvalue weighted by Gasteiger charge is 2.11. The lowest BCUT2D eigenvalue weighted by atomic mass is 10.1. The normalized spacial score (nSPS) is 11.0. The fraction of sp³-hybridized carbons (Fsp3) is 0.625. The molecule has 0 aromatic carbocycles. The van der Waals surface area contributed by atoms with Crippen molar-refractivity contribution in [3.63, 3.8) is 0 Å². The first kappa shape index (κ1) is 9.48. The zero-order chi connectivity index (χ0) is 9.14. The van der Waals surface area contributed by atoms with Crippen molar-refractivity contribution in [3.05, 3.63) is 10.6 Å². The molecule has 1 heterocycles. The summed E-state index contributed by atoms with van der Waals surface area (Å²) in [6, 6.07) is 0. The van der Waals surface area contributed by atoms with Crippen LogP contribution < -0.4 is 11.1 Å². The number of thiazole rings is 1. The zero-order valence-corrected chi connectivity index (χ0v) is 8.53. The number of nitrogens with one attached hydrogen (secondary N) is 1. The lowest BCUT2D eigenvalue weighted by Crippen LogP contribution is -2.06. The van der Waals surface area contributed by atoms with Crippen molar-refractivity contribution in [1.82, 2.24) is 10.3 Å². The van der Waals surface area contributed by atoms with E-state index in [4.69, 9.17) is 5.73 Å². The molecule has 12 heavy (non-hydrogen) atoms. The maximum atomic E-state index is 5.63. The molecular formula is C8H15N3S. The Balaban J connectivity index is 2.92. The summed E-state index contributed by atoms with van der Waals surface area (Å²) in [7, 11) is 1.93. The second kappa shape index (κ2) is 3.87. The van der Waals surface area contributed by atoms with Crippen LogP contribution in [0.2, 0.25) is 0 Å². The van der Waals surface area contributed by atoms with Crippen LogP contribution in [0.4, 0.5) is 5.13 Å². The van der Waals surface area contributed by atoms with Gasteiger partial charge in [0.25, 0.3) is 0 Å². The predicted octanol–water partition coefficient (Wildman–Crippen LogP) is 1.57. The molecule has 0 aliphatic heterocycles. The van der Waals surface area contributed by atoms with Crippen LogP contribution in [0.1, 0.15) is 30.3 Å². The summed E-state index contributed by atoms with van der Waals surface area (Å²) in [6.45, 7) is 5.13. The Morgan fingerprint density at radius 1 is 1.58 bits per heavy atom. The lowest BCUT2D eigenvalue weighted by Gasteiger charge is -2.03. The number of nitrogens with zero attached hydrogens (tertiary/aromatic N) is 1. The molecule has 0 aliphatic carbocycles. The average molecular weight is 185 g/mol. The molecule has 3 nitrogen and oxygen atoms in total. The summed E-state index contributed by atoms with van der Waals surface area (Å²) < 4.78 is 0. The molecule has 68 valence electrons. The van der Waals surface area contributed by atoms with Crippen molar-refractivity contribution in [3.8, 4) is 0 Å². The monoisotopic (exact) mass is 185 g/mol. The van der Waals surface area contributed by atoms with E-state index in [2.05, 4.69) is 24.1 Å². The van der Waals surface area contributed by atoms with Crippen LogP contribution in [-0.4, -0.2) is 12.0 Å². The average Bonchev–Trinajstić information content (AvgIpc) is 2.32. The van der Waals surface area contributed by atoms with Crippen LogP contribution in [0.25, 0.3) is 0 Å². The van der Waals surface area contributed by atoms with Gasteiger partial charge >= 0.3 is 0 Å². The minimum Gasteiger partial charge on any atom is -0.375 e. The molecule has 1 rings (SSSR count). The second-order valence-electron chi connectivity index (χ2n) is 3.05. The van der Waals surface area contributed by atoms with Crippen LogP contribution in [0.3, 0.4) is 0 Å². The number of hydrogen-bond acceptors (Lipinski definition) is 4. The van der Waals surface area contributed by atoms with Gasteiger partial charge < -0.3 is 11.1 Å². The molecule has 0 radical (unpaired) electrons. The van der Waals surface area contributed by atoms with E-state index in [0.29, 0.717) is 11.0 Å². The molecule has 0 spiro atoms. The van der Waals surface area contributed by atoms with Gasteiger partial charge in [0.1, 0.15) is 0 Å². The van der Waals surface area contributed by atoms with Crippen molar-refractivity contribution in [2.75, 3.05) is 12.8 Å². The van der Waals surface area contributed by atoms with Crippen molar-refractivity contribution in [2.24, 2.45) is 0 Å². The molecule has 3 N–H and O–H groups in total. The van der Waals surface area contributed by atoms with E-state index in [1.165, 1.54) is 4.88 Å². The summed E-state index contributed by atoms with van der Waals surface area (Å²) in [5.74, 6) is 0.460. The highest BCUT2D eigenvalue weighted by atomic mass is 32.1. The standard InChI is InChI=1S/C8H15N3S/c1-5(2)7-6(4-10-3)12-8(9)11-7/h5,10H,4H2,1-3H3,(H2,9,11). The van der Waals surface area contributed by atoms with Gasteiger partial charge in [0.15, 0.2) is 5.13 Å². The minimum atomic E-state index is 0.460. The fourth-order valence-corrected chi connectivity index (χ4v) is 2.12. The quantitative estimate of drug-likeness (QED) is 0.751. The molecular weight excluding hydrogens is 170 g/mol. The topological polar surface area (TPSA) is 50.9 Å². The van der Waals surface area contributed by atoms with Gasteiger partial charge in [-0.05, 0) is 13.0 Å². The molecule has 1 aromatic heterocycles. The van der Waals surface area contributed by atoms with E-state index in [1.807, 2.05) is 7.05 Å². The third kappa shape index (κ3) is 1.95. The van der Waals surface area contributed by atoms with E-state index in [1.54, 1.807) is 11.3 Å². The highest BCUT2D eigenvalue weighted by Crippen LogP contribution is 2.26. The first-order valence-electron chi connectivity index (χ1n) is 4.04. The number of rotatable bonds is 3. The maximum absolute atomic E-state index is 5.63. The molecule has 0 amide bonds. The van der Waals surface area contributed by atoms with Crippen molar-refractivity contribution in [2.45, 2.75) is 26.3 Å². The number of hydrogen-bond donors (Lipinski definition) is 2. The Bertz CT molecular complexity index is 255. The Morgan fingerprint density at radius 3 is 2.75 bits per heavy atom. The zero-order valence-electron chi connectivity index (χ0n) is 7.72. The summed E-state index contributed by atoms with van der Waals surface area (Å²) >= 11 is 1.57. The van der Waals surface area contributed by atoms with Gasteiger partial charge in [0.2, 0.25) is 0 Å². The minimum absolute atomic E-state index is 0.460. The smallest absolute Gasteiger partial charge is 0.180 e. The molecule has 1 aromatic rings. The van der Waals surface area contributed by atoms with Gasteiger partial charge in [-0.2, -0.15) is 0 Å². The summed E-state index contributed by atoms with van der Waals surface area (Å²) in [6.07, 6.45) is 0. The molecule has 0 aliphatic rings. The lowest BCUT2D eigenvalue weighted by molar-refractivity contribution is 0.772. The van der Waals surface area contributed by atoms with Gasteiger partial charge in [-0.15, -0.1) is 11.3 Å². The van der Waals surface area contributed by atoms with Crippen molar-refractivity contribution in [1.29, 1.82) is 0 Å². The second-order valence-corrected chi connectivity index (χ2v) is 4.16. The molecule has 0 saturated heterocycles. The third-order valence-corrected chi connectivity index (χ3v) is 2.53. The SMILES string of the molecule is CNCc1sc(N)nc1C(C)C. The number of nitrogens with two attached hydrogens (primary N) is 1. The van der Waals surface area contributed by atoms with Crippen molar-refractivity contribution >= 4 is 16.5 Å². The van der Waals surface area contributed by atoms with Crippen LogP contribution >= 0.6 is 11.3 Å². The summed E-state index contributed by atoms with van der Waals surface area (Å²) in [4.78, 5) is 5.54. The summed E-state index contributed by atoms with van der Waals surface area (Å²) in [5.41, 5.74) is 6.76. The van der Waals surface area contributed by atoms with E-state index in [0.717, 1.165) is 12.2 Å². The molecule has 0 saturated carbocycles. The van der Waals surface area contributed by atoms with Crippen LogP contribution in [0.5, 0.6) is 0 Å². The van der Waals surface area contributed by atoms with E-state index >= 15 is 0 Å². The molecule has 0 fully saturated rings. The Hall–Kier alpha value is -0.610. The number of aromatic nitrogens is 1. The fourth-order valence-electron chi connectivity index (χ4n) is 1.12. The van der Waals surface area contributed by atoms with Crippen molar-refractivity contribution < 1.29 is 0 Å². The Kier molecular flexibility index (Phi) is 3.05. The first-order valence-corrected chi connectivity index (χ1v) is 4.86. The number of nitrogen functional groups attached to an aromatic ring is 1. The molecule has 0 atom stereocenters. The van der Waals surface area contributed by atoms with Gasteiger partial charge in [-0.25, -0.2) is 4.98 Å². The van der Waals surface area contributed by atoms with E-state index in [-0.39, 0.29) is 0 Å². The van der Waals surface area contributed by atoms with Gasteiger partial charge in [0, 0.05) is 11.4 Å². The summed E-state index contributed by atoms with van der Waals surface area (Å²) in [5, 5.41) is 3.78. The number of anilines is 1. The maximum Gasteiger partial charge on any atom is 0.180 e. The largest absolute Gasteiger partial charge is 0.375 e. The van der Waals surface area contributed by atoms with Gasteiger partial charge in [-0.3, -0.25) is 0 Å². The molecule has 4 heteroatoms. The van der Waals surface area contributed by atoms with E-state index < -0.39 is 0 Å². The molecule has 0 bridgehead atoms. The van der Waals surface area contributed by atoms with Crippen LogP contribution in [0.15, 0.2) is 0 Å². The molecule has 0 unspecified atom stereocenters. The third-order valence-electron chi connectivity index (χ3n) is 1.63. The Labute approximate surface area is 77.0 Å². The van der Waals surface area contributed by atoms with Crippen LogP contribution in [-0.2, 0) is 6.54 Å². The highest BCUT2D eigenvalue weighted by molar-refractivity contribution is 7.15. The van der Waals surface area contributed by atoms with Crippen LogP contribution in [0, 0.1) is 0 Å². The van der Waals surface area contributed by atoms with Gasteiger partial charge in [-0.1, -0.05) is 13.8 Å². The van der Waals surface area contributed by atoms with E-state index in [9.17, 15) is 0 Å².